The minimum Gasteiger partial charge on any atom is -0.383 e. The first kappa shape index (κ1) is 13.7. The van der Waals surface area contributed by atoms with Crippen molar-refractivity contribution in [1.82, 2.24) is 10.3 Å². The van der Waals surface area contributed by atoms with Crippen LogP contribution in [-0.4, -0.2) is 25.2 Å². The second-order valence-corrected chi connectivity index (χ2v) is 5.66. The van der Waals surface area contributed by atoms with E-state index < -0.39 is 0 Å². The molecule has 1 heterocycles. The summed E-state index contributed by atoms with van der Waals surface area (Å²) in [5.74, 6) is 0. The number of benzene rings is 1. The van der Waals surface area contributed by atoms with Crippen LogP contribution in [0.25, 0.3) is 11.3 Å². The minimum atomic E-state index is 0.727. The number of halogens is 1. The molecule has 0 radical (unpaired) electrons. The van der Waals surface area contributed by atoms with E-state index in [-0.39, 0.29) is 0 Å². The first-order valence-electron chi connectivity index (χ1n) is 5.69. The average molecular weight is 327 g/mol. The number of hydrogen-bond donors (Lipinski definition) is 1. The molecule has 1 aromatic heterocycles. The molecule has 0 bridgehead atoms. The van der Waals surface area contributed by atoms with Gasteiger partial charge in [-0.05, 0) is 12.1 Å². The van der Waals surface area contributed by atoms with Gasteiger partial charge in [0.2, 0.25) is 0 Å². The highest BCUT2D eigenvalue weighted by Gasteiger charge is 2.04. The number of methoxy groups -OCH3 is 1. The Morgan fingerprint density at radius 2 is 2.11 bits per heavy atom. The van der Waals surface area contributed by atoms with E-state index in [1.165, 1.54) is 0 Å². The molecule has 0 aliphatic heterocycles. The molecule has 0 unspecified atom stereocenters. The Morgan fingerprint density at radius 1 is 1.33 bits per heavy atom. The van der Waals surface area contributed by atoms with Crippen LogP contribution in [0.5, 0.6) is 0 Å². The molecule has 1 aromatic carbocycles. The van der Waals surface area contributed by atoms with Crippen molar-refractivity contribution in [3.63, 3.8) is 0 Å². The van der Waals surface area contributed by atoms with Gasteiger partial charge in [0.1, 0.15) is 5.01 Å². The third-order valence-electron chi connectivity index (χ3n) is 2.45. The summed E-state index contributed by atoms with van der Waals surface area (Å²) >= 11 is 5.11. The zero-order chi connectivity index (χ0) is 12.8. The minimum absolute atomic E-state index is 0.727. The number of nitrogens with one attached hydrogen (secondary N) is 1. The summed E-state index contributed by atoms with van der Waals surface area (Å²) < 4.78 is 6.07. The summed E-state index contributed by atoms with van der Waals surface area (Å²) in [5, 5.41) is 6.49. The van der Waals surface area contributed by atoms with Gasteiger partial charge in [0, 0.05) is 35.6 Å². The fourth-order valence-corrected chi connectivity index (χ4v) is 2.55. The van der Waals surface area contributed by atoms with Gasteiger partial charge >= 0.3 is 0 Å². The summed E-state index contributed by atoms with van der Waals surface area (Å²) in [4.78, 5) is 4.61. The SMILES string of the molecule is COCCNCc1nc(-c2ccc(Br)cc2)cs1. The van der Waals surface area contributed by atoms with Gasteiger partial charge < -0.3 is 10.1 Å². The average Bonchev–Trinajstić information content (AvgIpc) is 2.84. The zero-order valence-corrected chi connectivity index (χ0v) is 12.6. The van der Waals surface area contributed by atoms with Crippen LogP contribution in [0.3, 0.4) is 0 Å². The molecule has 0 atom stereocenters. The Labute approximate surface area is 119 Å². The monoisotopic (exact) mass is 326 g/mol. The maximum absolute atomic E-state index is 4.98. The van der Waals surface area contributed by atoms with Crippen molar-refractivity contribution in [3.05, 3.63) is 39.1 Å². The van der Waals surface area contributed by atoms with Crippen molar-refractivity contribution < 1.29 is 4.74 Å². The highest BCUT2D eigenvalue weighted by atomic mass is 79.9. The zero-order valence-electron chi connectivity index (χ0n) is 10.1. The molecule has 0 saturated heterocycles. The van der Waals surface area contributed by atoms with Gasteiger partial charge in [-0.3, -0.25) is 0 Å². The molecule has 0 aliphatic rings. The van der Waals surface area contributed by atoms with Gasteiger partial charge in [0.25, 0.3) is 0 Å². The molecule has 0 amide bonds. The van der Waals surface area contributed by atoms with Crippen LogP contribution in [-0.2, 0) is 11.3 Å². The van der Waals surface area contributed by atoms with Crippen molar-refractivity contribution in [1.29, 1.82) is 0 Å². The van der Waals surface area contributed by atoms with Crippen LogP contribution in [0.15, 0.2) is 34.1 Å². The molecule has 96 valence electrons. The van der Waals surface area contributed by atoms with E-state index in [0.29, 0.717) is 0 Å². The van der Waals surface area contributed by atoms with Crippen LogP contribution in [0.1, 0.15) is 5.01 Å². The first-order chi connectivity index (χ1) is 8.79. The molecule has 2 rings (SSSR count). The fourth-order valence-electron chi connectivity index (χ4n) is 1.51. The van der Waals surface area contributed by atoms with Crippen molar-refractivity contribution >= 4 is 27.3 Å². The van der Waals surface area contributed by atoms with Crippen LogP contribution in [0, 0.1) is 0 Å². The van der Waals surface area contributed by atoms with Gasteiger partial charge in [0.15, 0.2) is 0 Å². The number of ether oxygens (including phenoxy) is 1. The Morgan fingerprint density at radius 3 is 2.83 bits per heavy atom. The predicted molar refractivity (Wildman–Crippen MR) is 78.8 cm³/mol. The second kappa shape index (κ2) is 6.99. The third-order valence-corrected chi connectivity index (χ3v) is 3.83. The quantitative estimate of drug-likeness (QED) is 0.827. The highest BCUT2D eigenvalue weighted by molar-refractivity contribution is 9.10. The van der Waals surface area contributed by atoms with Gasteiger partial charge in [-0.1, -0.05) is 28.1 Å². The van der Waals surface area contributed by atoms with Crippen molar-refractivity contribution in [2.24, 2.45) is 0 Å². The Bertz CT molecular complexity index is 484. The summed E-state index contributed by atoms with van der Waals surface area (Å²) in [7, 11) is 1.71. The van der Waals surface area contributed by atoms with E-state index in [2.05, 4.69) is 43.7 Å². The Hall–Kier alpha value is -0.750. The van der Waals surface area contributed by atoms with Gasteiger partial charge in [-0.15, -0.1) is 11.3 Å². The maximum atomic E-state index is 4.98. The van der Waals surface area contributed by atoms with E-state index in [1.54, 1.807) is 18.4 Å². The number of hydrogen-bond acceptors (Lipinski definition) is 4. The molecule has 0 aliphatic carbocycles. The van der Waals surface area contributed by atoms with Crippen LogP contribution in [0.2, 0.25) is 0 Å². The lowest BCUT2D eigenvalue weighted by Gasteiger charge is -2.00. The van der Waals surface area contributed by atoms with Crippen LogP contribution >= 0.6 is 27.3 Å². The third kappa shape index (κ3) is 3.88. The number of aromatic nitrogens is 1. The van der Waals surface area contributed by atoms with Crippen molar-refractivity contribution in [2.45, 2.75) is 6.54 Å². The summed E-state index contributed by atoms with van der Waals surface area (Å²) in [5.41, 5.74) is 2.19. The van der Waals surface area contributed by atoms with Gasteiger partial charge in [0.05, 0.1) is 12.3 Å². The highest BCUT2D eigenvalue weighted by Crippen LogP contribution is 2.23. The lowest BCUT2D eigenvalue weighted by Crippen LogP contribution is -2.18. The lowest BCUT2D eigenvalue weighted by molar-refractivity contribution is 0.199. The number of thiazole rings is 1. The molecule has 18 heavy (non-hydrogen) atoms. The number of rotatable bonds is 6. The molecule has 3 nitrogen and oxygen atoms in total. The molecule has 0 fully saturated rings. The lowest BCUT2D eigenvalue weighted by atomic mass is 10.2. The summed E-state index contributed by atoms with van der Waals surface area (Å²) in [6.07, 6.45) is 0. The van der Waals surface area contributed by atoms with Crippen molar-refractivity contribution in [2.75, 3.05) is 20.3 Å². The van der Waals surface area contributed by atoms with E-state index in [4.69, 9.17) is 4.74 Å². The molecule has 5 heteroatoms. The van der Waals surface area contributed by atoms with E-state index in [9.17, 15) is 0 Å². The predicted octanol–water partition coefficient (Wildman–Crippen LogP) is 3.31. The molecule has 0 saturated carbocycles. The topological polar surface area (TPSA) is 34.1 Å². The maximum Gasteiger partial charge on any atom is 0.107 e. The molecule has 2 aromatic rings. The fraction of sp³-hybridized carbons (Fsp3) is 0.308. The van der Waals surface area contributed by atoms with Crippen molar-refractivity contribution in [3.8, 4) is 11.3 Å². The van der Waals surface area contributed by atoms with Gasteiger partial charge in [-0.25, -0.2) is 4.98 Å². The Kier molecular flexibility index (Phi) is 5.31. The van der Waals surface area contributed by atoms with E-state index in [1.807, 2.05) is 12.1 Å². The Balaban J connectivity index is 1.95. The van der Waals surface area contributed by atoms with E-state index >= 15 is 0 Å². The molecular weight excluding hydrogens is 312 g/mol. The van der Waals surface area contributed by atoms with E-state index in [0.717, 1.165) is 40.4 Å². The molecular formula is C13H15BrN2OS. The largest absolute Gasteiger partial charge is 0.383 e. The molecule has 0 spiro atoms. The van der Waals surface area contributed by atoms with Crippen LogP contribution < -0.4 is 5.32 Å². The normalized spacial score (nSPS) is 10.8. The smallest absolute Gasteiger partial charge is 0.107 e. The van der Waals surface area contributed by atoms with Gasteiger partial charge in [-0.2, -0.15) is 0 Å². The summed E-state index contributed by atoms with van der Waals surface area (Å²) in [6, 6.07) is 8.21. The standard InChI is InChI=1S/C13H15BrN2OS/c1-17-7-6-15-8-13-16-12(9-18-13)10-2-4-11(14)5-3-10/h2-5,9,15H,6-8H2,1H3. The summed E-state index contributed by atoms with van der Waals surface area (Å²) in [6.45, 7) is 2.37. The molecule has 1 N–H and O–H groups in total. The number of nitrogens with zero attached hydrogens (tertiary/aromatic N) is 1. The first-order valence-corrected chi connectivity index (χ1v) is 7.37. The van der Waals surface area contributed by atoms with Crippen LogP contribution in [0.4, 0.5) is 0 Å². The second-order valence-electron chi connectivity index (χ2n) is 3.80.